The minimum Gasteiger partial charge on any atom is -0.484 e. The van der Waals surface area contributed by atoms with Gasteiger partial charge in [-0.2, -0.15) is 5.10 Å². The lowest BCUT2D eigenvalue weighted by atomic mass is 10.0. The van der Waals surface area contributed by atoms with Crippen LogP contribution in [0.1, 0.15) is 31.1 Å². The third-order valence-corrected chi connectivity index (χ3v) is 4.67. The number of nitrogens with zero attached hydrogens (tertiary/aromatic N) is 1. The molecule has 0 aliphatic rings. The van der Waals surface area contributed by atoms with E-state index in [9.17, 15) is 4.79 Å². The number of halogens is 2. The van der Waals surface area contributed by atoms with Crippen LogP contribution in [-0.2, 0) is 4.79 Å². The Morgan fingerprint density at radius 1 is 1.35 bits per heavy atom. The molecule has 0 fully saturated rings. The van der Waals surface area contributed by atoms with Crippen LogP contribution in [0.15, 0.2) is 49.0 Å². The summed E-state index contributed by atoms with van der Waals surface area (Å²) in [5, 5.41) is 3.81. The van der Waals surface area contributed by atoms with Crippen LogP contribution < -0.4 is 10.2 Å². The number of hydrogen-bond acceptors (Lipinski definition) is 4. The molecule has 0 bridgehead atoms. The van der Waals surface area contributed by atoms with Crippen molar-refractivity contribution in [3.05, 3.63) is 50.8 Å². The maximum atomic E-state index is 11.7. The van der Waals surface area contributed by atoms with E-state index in [0.29, 0.717) is 22.1 Å². The minimum atomic E-state index is -0.348. The number of ether oxygens (including phenoxy) is 1. The monoisotopic (exact) mass is 442 g/mol. The molecule has 0 spiro atoms. The average Bonchev–Trinajstić information content (AvgIpc) is 2.84. The number of nitrogens with one attached hydrogen (secondary N) is 1. The van der Waals surface area contributed by atoms with Gasteiger partial charge in [-0.3, -0.25) is 4.79 Å². The highest BCUT2D eigenvalue weighted by atomic mass is 79.9. The van der Waals surface area contributed by atoms with Crippen LogP contribution in [0.2, 0.25) is 0 Å². The van der Waals surface area contributed by atoms with Gasteiger partial charge in [0.25, 0.3) is 5.91 Å². The molecule has 0 radical (unpaired) electrons. The van der Waals surface area contributed by atoms with Crippen LogP contribution >= 0.6 is 31.9 Å². The molecular weight excluding hydrogens is 428 g/mol. The predicted molar refractivity (Wildman–Crippen MR) is 95.9 cm³/mol. The van der Waals surface area contributed by atoms with E-state index in [4.69, 9.17) is 9.15 Å². The van der Waals surface area contributed by atoms with Gasteiger partial charge in [-0.1, -0.05) is 26.0 Å². The van der Waals surface area contributed by atoms with Crippen molar-refractivity contribution in [2.24, 2.45) is 5.10 Å². The Labute approximate surface area is 151 Å². The largest absolute Gasteiger partial charge is 0.484 e. The van der Waals surface area contributed by atoms with Crippen LogP contribution in [0.5, 0.6) is 5.75 Å². The summed E-state index contributed by atoms with van der Waals surface area (Å²) in [4.78, 5) is 11.7. The van der Waals surface area contributed by atoms with E-state index in [2.05, 4.69) is 56.2 Å². The fourth-order valence-electron chi connectivity index (χ4n) is 1.72. The van der Waals surface area contributed by atoms with Gasteiger partial charge in [0.05, 0.1) is 10.7 Å². The van der Waals surface area contributed by atoms with Gasteiger partial charge in [0.2, 0.25) is 0 Å². The fraction of sp³-hybridized carbons (Fsp3) is 0.250. The zero-order valence-electron chi connectivity index (χ0n) is 12.7. The van der Waals surface area contributed by atoms with Gasteiger partial charge in [0.15, 0.2) is 11.3 Å². The summed E-state index contributed by atoms with van der Waals surface area (Å²) >= 11 is 6.51. The summed E-state index contributed by atoms with van der Waals surface area (Å²) in [5.41, 5.74) is 3.60. The highest BCUT2D eigenvalue weighted by molar-refractivity contribution is 9.13. The Morgan fingerprint density at radius 2 is 2.04 bits per heavy atom. The number of carbonyl (C=O) groups is 1. The Balaban J connectivity index is 1.78. The number of amides is 1. The van der Waals surface area contributed by atoms with E-state index in [1.54, 1.807) is 6.07 Å². The molecule has 0 unspecified atom stereocenters. The van der Waals surface area contributed by atoms with E-state index in [-0.39, 0.29) is 12.5 Å². The van der Waals surface area contributed by atoms with Gasteiger partial charge in [-0.05, 0) is 55.5 Å². The van der Waals surface area contributed by atoms with Crippen LogP contribution in [-0.4, -0.2) is 18.7 Å². The average molecular weight is 444 g/mol. The Morgan fingerprint density at radius 3 is 2.61 bits per heavy atom. The maximum Gasteiger partial charge on any atom is 0.277 e. The number of hydrazone groups is 1. The van der Waals surface area contributed by atoms with E-state index in [0.717, 1.165) is 4.47 Å². The summed E-state index contributed by atoms with van der Waals surface area (Å²) in [7, 11) is 0. The van der Waals surface area contributed by atoms with Gasteiger partial charge in [0, 0.05) is 6.07 Å². The summed E-state index contributed by atoms with van der Waals surface area (Å²) in [6, 6.07) is 9.41. The smallest absolute Gasteiger partial charge is 0.277 e. The topological polar surface area (TPSA) is 63.8 Å². The van der Waals surface area contributed by atoms with Crippen molar-refractivity contribution in [2.45, 2.75) is 19.8 Å². The van der Waals surface area contributed by atoms with Gasteiger partial charge in [0.1, 0.15) is 11.5 Å². The van der Waals surface area contributed by atoms with Crippen LogP contribution in [0.3, 0.4) is 0 Å². The highest BCUT2D eigenvalue weighted by Crippen LogP contribution is 2.25. The second kappa shape index (κ2) is 8.31. The second-order valence-electron chi connectivity index (χ2n) is 5.08. The lowest BCUT2D eigenvalue weighted by Gasteiger charge is -2.08. The Hall–Kier alpha value is -1.60. The lowest BCUT2D eigenvalue weighted by Crippen LogP contribution is -2.24. The summed E-state index contributed by atoms with van der Waals surface area (Å²) in [6.45, 7) is 4.14. The molecule has 1 heterocycles. The van der Waals surface area contributed by atoms with Crippen LogP contribution in [0.4, 0.5) is 0 Å². The van der Waals surface area contributed by atoms with E-state index >= 15 is 0 Å². The molecule has 1 N–H and O–H groups in total. The van der Waals surface area contributed by atoms with Crippen molar-refractivity contribution in [3.8, 4) is 5.75 Å². The molecule has 0 saturated carbocycles. The summed E-state index contributed by atoms with van der Waals surface area (Å²) in [5.74, 6) is 1.27. The van der Waals surface area contributed by atoms with E-state index < -0.39 is 0 Å². The molecule has 122 valence electrons. The standard InChI is InChI=1S/C16H16Br2N2O3/c1-10(2)11-3-5-12(6-4-11)22-9-15(21)20-19-8-13-7-14(17)16(18)23-13/h3-8,10H,9H2,1-2H3,(H,20,21)/b19-8-. The second-order valence-corrected chi connectivity index (χ2v) is 6.65. The van der Waals surface area contributed by atoms with Crippen molar-refractivity contribution in [1.29, 1.82) is 0 Å². The molecule has 2 rings (SSSR count). The summed E-state index contributed by atoms with van der Waals surface area (Å²) in [6.07, 6.45) is 1.41. The van der Waals surface area contributed by atoms with Crippen molar-refractivity contribution >= 4 is 44.0 Å². The number of carbonyl (C=O) groups excluding carboxylic acids is 1. The van der Waals surface area contributed by atoms with Gasteiger partial charge < -0.3 is 9.15 Å². The molecule has 1 aromatic carbocycles. The summed E-state index contributed by atoms with van der Waals surface area (Å²) < 4.78 is 12.0. The molecule has 23 heavy (non-hydrogen) atoms. The van der Waals surface area contributed by atoms with E-state index in [1.807, 2.05) is 24.3 Å². The van der Waals surface area contributed by atoms with Gasteiger partial charge in [-0.25, -0.2) is 5.43 Å². The highest BCUT2D eigenvalue weighted by Gasteiger charge is 2.05. The molecule has 0 aliphatic heterocycles. The SMILES string of the molecule is CC(C)c1ccc(OCC(=O)N/N=C\c2cc(Br)c(Br)o2)cc1. The molecule has 0 aliphatic carbocycles. The third kappa shape index (κ3) is 5.51. The van der Waals surface area contributed by atoms with E-state index in [1.165, 1.54) is 11.8 Å². The Kier molecular flexibility index (Phi) is 6.41. The van der Waals surface area contributed by atoms with Crippen LogP contribution in [0, 0.1) is 0 Å². The lowest BCUT2D eigenvalue weighted by molar-refractivity contribution is -0.123. The normalized spacial score (nSPS) is 11.2. The van der Waals surface area contributed by atoms with Gasteiger partial charge in [-0.15, -0.1) is 0 Å². The number of hydrogen-bond donors (Lipinski definition) is 1. The molecular formula is C16H16Br2N2O3. The molecule has 7 heteroatoms. The Bertz CT molecular complexity index is 674. The first-order valence-electron chi connectivity index (χ1n) is 6.95. The minimum absolute atomic E-state index is 0.107. The fourth-order valence-corrected chi connectivity index (χ4v) is 2.33. The van der Waals surface area contributed by atoms with Crippen molar-refractivity contribution in [3.63, 3.8) is 0 Å². The number of furan rings is 1. The first kappa shape index (κ1) is 17.7. The first-order chi connectivity index (χ1) is 11.0. The number of rotatable bonds is 6. The van der Waals surface area contributed by atoms with Crippen molar-refractivity contribution < 1.29 is 13.9 Å². The number of benzene rings is 1. The quantitative estimate of drug-likeness (QED) is 0.529. The first-order valence-corrected chi connectivity index (χ1v) is 8.54. The predicted octanol–water partition coefficient (Wildman–Crippen LogP) is 4.46. The molecule has 1 amide bonds. The molecule has 0 saturated heterocycles. The zero-order chi connectivity index (χ0) is 16.8. The molecule has 5 nitrogen and oxygen atoms in total. The molecule has 0 atom stereocenters. The molecule has 2 aromatic rings. The van der Waals surface area contributed by atoms with Crippen molar-refractivity contribution in [2.75, 3.05) is 6.61 Å². The molecule has 1 aromatic heterocycles. The van der Waals surface area contributed by atoms with Crippen LogP contribution in [0.25, 0.3) is 0 Å². The maximum absolute atomic E-state index is 11.7. The van der Waals surface area contributed by atoms with Crippen molar-refractivity contribution in [1.82, 2.24) is 5.43 Å². The third-order valence-electron chi connectivity index (χ3n) is 2.96. The van der Waals surface area contributed by atoms with Gasteiger partial charge >= 0.3 is 0 Å². The zero-order valence-corrected chi connectivity index (χ0v) is 15.8.